The van der Waals surface area contributed by atoms with Crippen molar-refractivity contribution in [2.75, 3.05) is 26.2 Å². The largest absolute Gasteiger partial charge is 0.392 e. The molecule has 1 amide bonds. The first-order valence-electron chi connectivity index (χ1n) is 9.16. The molecule has 1 heterocycles. The third-order valence-corrected chi connectivity index (χ3v) is 5.02. The molecule has 1 saturated heterocycles. The van der Waals surface area contributed by atoms with Crippen LogP contribution in [0.1, 0.15) is 38.3 Å². The van der Waals surface area contributed by atoms with E-state index in [2.05, 4.69) is 22.0 Å². The Kier molecular flexibility index (Phi) is 5.71. The van der Waals surface area contributed by atoms with Gasteiger partial charge in [0.05, 0.1) is 6.10 Å². The van der Waals surface area contributed by atoms with E-state index in [0.29, 0.717) is 12.6 Å². The fourth-order valence-corrected chi connectivity index (χ4v) is 3.55. The molecule has 25 heavy (non-hydrogen) atoms. The fourth-order valence-electron chi connectivity index (χ4n) is 3.55. The van der Waals surface area contributed by atoms with Crippen molar-refractivity contribution in [2.45, 2.75) is 50.9 Å². The molecule has 1 aliphatic heterocycles. The summed E-state index contributed by atoms with van der Waals surface area (Å²) in [5, 5.41) is 12.7. The van der Waals surface area contributed by atoms with Gasteiger partial charge in [0.2, 0.25) is 5.91 Å². The number of aliphatic hydroxyl groups is 1. The summed E-state index contributed by atoms with van der Waals surface area (Å²) in [4.78, 5) is 17.3. The minimum absolute atomic E-state index is 0.00489. The number of aliphatic hydroxyl groups excluding tert-OH is 1. The Morgan fingerprint density at radius 2 is 2.00 bits per heavy atom. The maximum absolute atomic E-state index is 13.3. The van der Waals surface area contributed by atoms with Gasteiger partial charge in [-0.25, -0.2) is 4.39 Å². The number of benzene rings is 1. The maximum Gasteiger partial charge on any atom is 0.242 e. The summed E-state index contributed by atoms with van der Waals surface area (Å²) in [5.41, 5.74) is 0.829. The van der Waals surface area contributed by atoms with Gasteiger partial charge in [0.25, 0.3) is 0 Å². The summed E-state index contributed by atoms with van der Waals surface area (Å²) in [6.45, 7) is 6.85. The Labute approximate surface area is 148 Å². The van der Waals surface area contributed by atoms with Crippen LogP contribution in [-0.4, -0.2) is 65.2 Å². The Balaban J connectivity index is 1.74. The molecule has 1 aliphatic carbocycles. The molecule has 0 bridgehead atoms. The van der Waals surface area contributed by atoms with Crippen LogP contribution in [0, 0.1) is 5.82 Å². The molecule has 0 unspecified atom stereocenters. The first kappa shape index (κ1) is 18.3. The van der Waals surface area contributed by atoms with Gasteiger partial charge in [-0.3, -0.25) is 14.6 Å². The number of rotatable bonds is 6. The van der Waals surface area contributed by atoms with Gasteiger partial charge < -0.3 is 10.4 Å². The highest BCUT2D eigenvalue weighted by Gasteiger charge is 2.35. The molecule has 2 N–H and O–H groups in total. The van der Waals surface area contributed by atoms with Crippen LogP contribution < -0.4 is 5.32 Å². The predicted molar refractivity (Wildman–Crippen MR) is 94.6 cm³/mol. The van der Waals surface area contributed by atoms with E-state index in [4.69, 9.17) is 0 Å². The van der Waals surface area contributed by atoms with E-state index in [9.17, 15) is 14.3 Å². The van der Waals surface area contributed by atoms with Crippen LogP contribution in [-0.2, 0) is 4.79 Å². The number of hydrogen-bond donors (Lipinski definition) is 2. The van der Waals surface area contributed by atoms with Gasteiger partial charge in [-0.05, 0) is 44.4 Å². The molecule has 5 nitrogen and oxygen atoms in total. The van der Waals surface area contributed by atoms with Crippen molar-refractivity contribution in [3.05, 3.63) is 35.6 Å². The molecule has 0 spiro atoms. The zero-order valence-electron chi connectivity index (χ0n) is 15.0. The van der Waals surface area contributed by atoms with Crippen molar-refractivity contribution >= 4 is 5.91 Å². The number of nitrogens with one attached hydrogen (secondary N) is 1. The van der Waals surface area contributed by atoms with Gasteiger partial charge in [0.15, 0.2) is 0 Å². The highest BCUT2D eigenvalue weighted by molar-refractivity contribution is 5.83. The predicted octanol–water partition coefficient (Wildman–Crippen LogP) is 1.53. The second-order valence-corrected chi connectivity index (χ2v) is 7.42. The molecular formula is C19H28FN3O2. The zero-order valence-corrected chi connectivity index (χ0v) is 15.0. The Morgan fingerprint density at radius 1 is 1.32 bits per heavy atom. The lowest BCUT2D eigenvalue weighted by Gasteiger charge is -2.43. The standard InChI is InChI=1S/C19H28FN3O2/c1-13-11-23(10-9-22(13)12-14(2)24)18(19(25)21-17-7-8-17)15-3-5-16(20)6-4-15/h3-6,13-14,17-18,24H,7-12H2,1-2H3,(H,21,25)/t13-,14-,18+/m0/s1. The summed E-state index contributed by atoms with van der Waals surface area (Å²) in [6.07, 6.45) is 1.72. The van der Waals surface area contributed by atoms with E-state index in [1.54, 1.807) is 19.1 Å². The molecule has 1 saturated carbocycles. The summed E-state index contributed by atoms with van der Waals surface area (Å²) in [5.74, 6) is -0.287. The zero-order chi connectivity index (χ0) is 18.0. The Morgan fingerprint density at radius 3 is 2.56 bits per heavy atom. The lowest BCUT2D eigenvalue weighted by molar-refractivity contribution is -0.128. The molecule has 138 valence electrons. The molecule has 6 heteroatoms. The molecular weight excluding hydrogens is 321 g/mol. The third-order valence-electron chi connectivity index (χ3n) is 5.02. The molecule has 1 aromatic carbocycles. The molecule has 0 radical (unpaired) electrons. The number of carbonyl (C=O) groups is 1. The van der Waals surface area contributed by atoms with Crippen molar-refractivity contribution in [1.82, 2.24) is 15.1 Å². The van der Waals surface area contributed by atoms with Gasteiger partial charge in [-0.15, -0.1) is 0 Å². The van der Waals surface area contributed by atoms with Crippen LogP contribution in [0.25, 0.3) is 0 Å². The average Bonchev–Trinajstić information content (AvgIpc) is 3.35. The number of piperazine rings is 1. The lowest BCUT2D eigenvalue weighted by Crippen LogP contribution is -2.56. The lowest BCUT2D eigenvalue weighted by atomic mass is 10.0. The van der Waals surface area contributed by atoms with Crippen molar-refractivity contribution in [1.29, 1.82) is 0 Å². The van der Waals surface area contributed by atoms with Crippen LogP contribution >= 0.6 is 0 Å². The highest BCUT2D eigenvalue weighted by Crippen LogP contribution is 2.27. The van der Waals surface area contributed by atoms with Crippen LogP contribution in [0.15, 0.2) is 24.3 Å². The van der Waals surface area contributed by atoms with Crippen molar-refractivity contribution in [2.24, 2.45) is 0 Å². The topological polar surface area (TPSA) is 55.8 Å². The van der Waals surface area contributed by atoms with Gasteiger partial charge in [0, 0.05) is 38.3 Å². The number of hydrogen-bond acceptors (Lipinski definition) is 4. The number of β-amino-alcohol motifs (C(OH)–C–C–N with tert-alkyl or cyclic N) is 1. The molecule has 1 aromatic rings. The second kappa shape index (κ2) is 7.81. The maximum atomic E-state index is 13.3. The summed E-state index contributed by atoms with van der Waals surface area (Å²) in [7, 11) is 0. The first-order chi connectivity index (χ1) is 11.9. The molecule has 2 aliphatic rings. The number of amides is 1. The van der Waals surface area contributed by atoms with Gasteiger partial charge in [-0.1, -0.05) is 12.1 Å². The molecule has 3 rings (SSSR count). The van der Waals surface area contributed by atoms with Crippen molar-refractivity contribution < 1.29 is 14.3 Å². The highest BCUT2D eigenvalue weighted by atomic mass is 19.1. The molecule has 3 atom stereocenters. The Bertz CT molecular complexity index is 589. The molecule has 0 aromatic heterocycles. The van der Waals surface area contributed by atoms with Crippen LogP contribution in [0.4, 0.5) is 4.39 Å². The van der Waals surface area contributed by atoms with Crippen LogP contribution in [0.2, 0.25) is 0 Å². The Hall–Kier alpha value is -1.50. The fraction of sp³-hybridized carbons (Fsp3) is 0.632. The molecule has 2 fully saturated rings. The van der Waals surface area contributed by atoms with Crippen molar-refractivity contribution in [3.8, 4) is 0 Å². The summed E-state index contributed by atoms with van der Waals surface area (Å²) < 4.78 is 13.3. The second-order valence-electron chi connectivity index (χ2n) is 7.42. The third kappa shape index (κ3) is 4.77. The number of nitrogens with zero attached hydrogens (tertiary/aromatic N) is 2. The minimum atomic E-state index is -0.391. The monoisotopic (exact) mass is 349 g/mol. The van der Waals surface area contributed by atoms with Gasteiger partial charge in [0.1, 0.15) is 11.9 Å². The SMILES string of the molecule is C[C@H](O)CN1CCN([C@@H](C(=O)NC2CC2)c2ccc(F)cc2)C[C@@H]1C. The normalized spacial score (nSPS) is 24.7. The summed E-state index contributed by atoms with van der Waals surface area (Å²) in [6, 6.07) is 6.40. The van der Waals surface area contributed by atoms with Gasteiger partial charge in [-0.2, -0.15) is 0 Å². The quantitative estimate of drug-likeness (QED) is 0.818. The average molecular weight is 349 g/mol. The van der Waals surface area contributed by atoms with E-state index in [-0.39, 0.29) is 23.9 Å². The van der Waals surface area contributed by atoms with E-state index in [0.717, 1.165) is 38.0 Å². The smallest absolute Gasteiger partial charge is 0.242 e. The van der Waals surface area contributed by atoms with E-state index in [1.807, 2.05) is 0 Å². The first-order valence-corrected chi connectivity index (χ1v) is 9.16. The van der Waals surface area contributed by atoms with Gasteiger partial charge >= 0.3 is 0 Å². The summed E-state index contributed by atoms with van der Waals surface area (Å²) >= 11 is 0. The number of carbonyl (C=O) groups excluding carboxylic acids is 1. The van der Waals surface area contributed by atoms with Crippen LogP contribution in [0.5, 0.6) is 0 Å². The van der Waals surface area contributed by atoms with E-state index in [1.165, 1.54) is 12.1 Å². The van der Waals surface area contributed by atoms with Crippen LogP contribution in [0.3, 0.4) is 0 Å². The number of halogens is 1. The van der Waals surface area contributed by atoms with E-state index < -0.39 is 6.04 Å². The minimum Gasteiger partial charge on any atom is -0.392 e. The van der Waals surface area contributed by atoms with Crippen molar-refractivity contribution in [3.63, 3.8) is 0 Å². The van der Waals surface area contributed by atoms with E-state index >= 15 is 0 Å².